The summed E-state index contributed by atoms with van der Waals surface area (Å²) in [5, 5.41) is 3.72. The minimum Gasteiger partial charge on any atom is -0.348 e. The van der Waals surface area contributed by atoms with Gasteiger partial charge in [0.05, 0.1) is 0 Å². The minimum atomic E-state index is -0.428. The number of aromatic amines is 1. The van der Waals surface area contributed by atoms with Crippen molar-refractivity contribution in [3.8, 4) is 0 Å². The molecule has 2 N–H and O–H groups in total. The number of hydrogen-bond donors (Lipinski definition) is 2. The van der Waals surface area contributed by atoms with E-state index in [1.807, 2.05) is 6.07 Å². The highest BCUT2D eigenvalue weighted by Gasteiger charge is 2.51. The van der Waals surface area contributed by atoms with E-state index in [0.29, 0.717) is 10.9 Å². The second kappa shape index (κ2) is 4.59. The fourth-order valence-electron chi connectivity index (χ4n) is 5.83. The van der Waals surface area contributed by atoms with Gasteiger partial charge in [0.2, 0.25) is 0 Å². The van der Waals surface area contributed by atoms with E-state index >= 15 is 0 Å². The van der Waals surface area contributed by atoms with Crippen molar-refractivity contribution in [2.24, 2.45) is 17.8 Å². The molecule has 1 aromatic carbocycles. The van der Waals surface area contributed by atoms with E-state index in [2.05, 4.69) is 10.3 Å². The van der Waals surface area contributed by atoms with Crippen LogP contribution >= 0.6 is 0 Å². The van der Waals surface area contributed by atoms with Crippen LogP contribution in [0.5, 0.6) is 0 Å². The molecule has 0 unspecified atom stereocenters. The second-order valence-electron chi connectivity index (χ2n) is 8.01. The Bertz CT molecular complexity index is 758. The van der Waals surface area contributed by atoms with Gasteiger partial charge in [0.25, 0.3) is 5.91 Å². The number of para-hydroxylation sites is 1. The predicted molar refractivity (Wildman–Crippen MR) is 86.6 cm³/mol. The van der Waals surface area contributed by atoms with Gasteiger partial charge in [-0.15, -0.1) is 0 Å². The quantitative estimate of drug-likeness (QED) is 0.865. The standard InChI is InChI=1S/C19H21FN2O/c20-16-14-3-1-2-4-15(14)21-17(16)18(23)22-19-8-11-5-12(9-19)7-13(6-11)10-19/h1-4,11-13,21H,5-10H2,(H,22,23). The van der Waals surface area contributed by atoms with Crippen molar-refractivity contribution in [3.05, 3.63) is 35.8 Å². The summed E-state index contributed by atoms with van der Waals surface area (Å²) in [5.41, 5.74) is 0.679. The highest BCUT2D eigenvalue weighted by molar-refractivity contribution is 5.99. The van der Waals surface area contributed by atoms with E-state index in [1.54, 1.807) is 18.2 Å². The molecule has 120 valence electrons. The summed E-state index contributed by atoms with van der Waals surface area (Å²) in [6.07, 6.45) is 7.22. The fraction of sp³-hybridized carbons (Fsp3) is 0.526. The number of carbonyl (C=O) groups is 1. The molecule has 0 radical (unpaired) electrons. The zero-order valence-electron chi connectivity index (χ0n) is 13.1. The SMILES string of the molecule is O=C(NC12CC3CC(CC(C3)C1)C2)c1[nH]c2ccccc2c1F. The summed E-state index contributed by atoms with van der Waals surface area (Å²) < 4.78 is 14.5. The Morgan fingerprint density at radius 1 is 1.09 bits per heavy atom. The number of rotatable bonds is 2. The molecule has 4 fully saturated rings. The van der Waals surface area contributed by atoms with Gasteiger partial charge in [-0.2, -0.15) is 0 Å². The molecule has 4 aliphatic rings. The van der Waals surface area contributed by atoms with Crippen molar-refractivity contribution in [1.82, 2.24) is 10.3 Å². The second-order valence-corrected chi connectivity index (χ2v) is 8.01. The molecule has 4 bridgehead atoms. The number of amides is 1. The Morgan fingerprint density at radius 2 is 1.70 bits per heavy atom. The Hall–Kier alpha value is -1.84. The van der Waals surface area contributed by atoms with Crippen LogP contribution in [0.2, 0.25) is 0 Å². The number of fused-ring (bicyclic) bond motifs is 1. The maximum atomic E-state index is 14.5. The highest BCUT2D eigenvalue weighted by atomic mass is 19.1. The van der Waals surface area contributed by atoms with Crippen LogP contribution < -0.4 is 5.32 Å². The fourth-order valence-corrected chi connectivity index (χ4v) is 5.83. The molecular weight excluding hydrogens is 291 g/mol. The molecule has 1 heterocycles. The van der Waals surface area contributed by atoms with Crippen molar-refractivity contribution in [2.45, 2.75) is 44.1 Å². The van der Waals surface area contributed by atoms with E-state index in [1.165, 1.54) is 19.3 Å². The van der Waals surface area contributed by atoms with Gasteiger partial charge < -0.3 is 10.3 Å². The molecule has 4 heteroatoms. The molecule has 0 saturated heterocycles. The summed E-state index contributed by atoms with van der Waals surface area (Å²) in [7, 11) is 0. The third-order valence-corrected chi connectivity index (χ3v) is 6.29. The number of halogens is 1. The zero-order chi connectivity index (χ0) is 15.6. The van der Waals surface area contributed by atoms with Crippen LogP contribution in [0.1, 0.15) is 49.0 Å². The van der Waals surface area contributed by atoms with E-state index in [4.69, 9.17) is 0 Å². The average Bonchev–Trinajstić information content (AvgIpc) is 2.83. The molecule has 3 nitrogen and oxygen atoms in total. The monoisotopic (exact) mass is 312 g/mol. The van der Waals surface area contributed by atoms with Gasteiger partial charge in [0, 0.05) is 16.4 Å². The molecule has 23 heavy (non-hydrogen) atoms. The number of hydrogen-bond acceptors (Lipinski definition) is 1. The van der Waals surface area contributed by atoms with Crippen LogP contribution in [0.25, 0.3) is 10.9 Å². The Morgan fingerprint density at radius 3 is 2.30 bits per heavy atom. The zero-order valence-corrected chi connectivity index (χ0v) is 13.1. The summed E-state index contributed by atoms with van der Waals surface area (Å²) in [5.74, 6) is 1.57. The van der Waals surface area contributed by atoms with Crippen LogP contribution in [0.3, 0.4) is 0 Å². The van der Waals surface area contributed by atoms with Crippen molar-refractivity contribution < 1.29 is 9.18 Å². The maximum absolute atomic E-state index is 14.5. The van der Waals surface area contributed by atoms with E-state index in [0.717, 1.165) is 37.0 Å². The van der Waals surface area contributed by atoms with Crippen LogP contribution in [-0.4, -0.2) is 16.4 Å². The van der Waals surface area contributed by atoms with Crippen molar-refractivity contribution in [3.63, 3.8) is 0 Å². The van der Waals surface area contributed by atoms with Crippen LogP contribution in [-0.2, 0) is 0 Å². The number of aromatic nitrogens is 1. The molecule has 1 amide bonds. The first-order valence-corrected chi connectivity index (χ1v) is 8.71. The molecule has 0 atom stereocenters. The third kappa shape index (κ3) is 2.03. The van der Waals surface area contributed by atoms with Gasteiger partial charge in [-0.1, -0.05) is 12.1 Å². The number of nitrogens with one attached hydrogen (secondary N) is 2. The van der Waals surface area contributed by atoms with Gasteiger partial charge in [-0.25, -0.2) is 4.39 Å². The van der Waals surface area contributed by atoms with Crippen LogP contribution in [0.15, 0.2) is 24.3 Å². The maximum Gasteiger partial charge on any atom is 0.271 e. The largest absolute Gasteiger partial charge is 0.348 e. The molecule has 6 rings (SSSR count). The van der Waals surface area contributed by atoms with E-state index < -0.39 is 5.82 Å². The number of carbonyl (C=O) groups excluding carboxylic acids is 1. The minimum absolute atomic E-state index is 0.0851. The van der Waals surface area contributed by atoms with Gasteiger partial charge >= 0.3 is 0 Å². The highest BCUT2D eigenvalue weighted by Crippen LogP contribution is 2.55. The lowest BCUT2D eigenvalue weighted by Crippen LogP contribution is -2.59. The Balaban J connectivity index is 1.46. The first kappa shape index (κ1) is 13.6. The number of benzene rings is 1. The first-order chi connectivity index (χ1) is 11.1. The summed E-state index contributed by atoms with van der Waals surface area (Å²) in [6, 6.07) is 7.15. The lowest BCUT2D eigenvalue weighted by Gasteiger charge is -2.56. The third-order valence-electron chi connectivity index (χ3n) is 6.29. The van der Waals surface area contributed by atoms with Crippen molar-refractivity contribution in [2.75, 3.05) is 0 Å². The molecule has 0 aliphatic heterocycles. The lowest BCUT2D eigenvalue weighted by atomic mass is 9.53. The molecule has 4 saturated carbocycles. The molecule has 2 aromatic rings. The van der Waals surface area contributed by atoms with Gasteiger partial charge in [0.1, 0.15) is 5.69 Å². The molecular formula is C19H21FN2O. The predicted octanol–water partition coefficient (Wildman–Crippen LogP) is 4.01. The van der Waals surface area contributed by atoms with Crippen molar-refractivity contribution in [1.29, 1.82) is 0 Å². The smallest absolute Gasteiger partial charge is 0.271 e. The topological polar surface area (TPSA) is 44.9 Å². The van der Waals surface area contributed by atoms with Gasteiger partial charge in [0.15, 0.2) is 5.82 Å². The lowest BCUT2D eigenvalue weighted by molar-refractivity contribution is -0.0168. The molecule has 1 aromatic heterocycles. The Kier molecular flexibility index (Phi) is 2.71. The van der Waals surface area contributed by atoms with E-state index in [-0.39, 0.29) is 17.1 Å². The first-order valence-electron chi connectivity index (χ1n) is 8.71. The van der Waals surface area contributed by atoms with Gasteiger partial charge in [-0.05, 0) is 68.4 Å². The summed E-state index contributed by atoms with van der Waals surface area (Å²) in [4.78, 5) is 15.7. The van der Waals surface area contributed by atoms with Crippen LogP contribution in [0.4, 0.5) is 4.39 Å². The van der Waals surface area contributed by atoms with Crippen molar-refractivity contribution >= 4 is 16.8 Å². The van der Waals surface area contributed by atoms with Crippen LogP contribution in [0, 0.1) is 23.6 Å². The molecule has 4 aliphatic carbocycles. The van der Waals surface area contributed by atoms with E-state index in [9.17, 15) is 9.18 Å². The normalized spacial score (nSPS) is 34.9. The van der Waals surface area contributed by atoms with Gasteiger partial charge in [-0.3, -0.25) is 4.79 Å². The average molecular weight is 312 g/mol. The summed E-state index contributed by atoms with van der Waals surface area (Å²) >= 11 is 0. The Labute approximate surface area is 134 Å². The summed E-state index contributed by atoms with van der Waals surface area (Å²) in [6.45, 7) is 0. The molecule has 0 spiro atoms. The number of H-pyrrole nitrogens is 1.